The van der Waals surface area contributed by atoms with Gasteiger partial charge in [0.15, 0.2) is 5.82 Å². The van der Waals surface area contributed by atoms with E-state index >= 15 is 0 Å². The number of rotatable bonds is 5. The monoisotopic (exact) mass is 400 g/mol. The Morgan fingerprint density at radius 1 is 1.00 bits per heavy atom. The van der Waals surface area contributed by atoms with Crippen molar-refractivity contribution in [3.8, 4) is 11.4 Å². The van der Waals surface area contributed by atoms with Gasteiger partial charge in [0, 0.05) is 11.6 Å². The quantitative estimate of drug-likeness (QED) is 0.547. The van der Waals surface area contributed by atoms with Crippen molar-refractivity contribution in [2.24, 2.45) is 0 Å². The van der Waals surface area contributed by atoms with Gasteiger partial charge in [0.25, 0.3) is 11.3 Å². The number of aromatic nitrogens is 4. The Hall–Kier alpha value is -2.67. The van der Waals surface area contributed by atoms with Crippen molar-refractivity contribution in [1.82, 2.24) is 19.6 Å². The zero-order chi connectivity index (χ0) is 18.8. The van der Waals surface area contributed by atoms with Crippen molar-refractivity contribution in [1.29, 1.82) is 0 Å². The van der Waals surface area contributed by atoms with Crippen molar-refractivity contribution >= 4 is 29.0 Å². The van der Waals surface area contributed by atoms with Gasteiger partial charge < -0.3 is 4.74 Å². The number of ether oxygens (including phenoxy) is 1. The van der Waals surface area contributed by atoms with Gasteiger partial charge in [-0.3, -0.25) is 9.89 Å². The molecule has 8 heteroatoms. The van der Waals surface area contributed by atoms with Crippen molar-refractivity contribution in [2.45, 2.75) is 13.2 Å². The first-order valence-electron chi connectivity index (χ1n) is 8.16. The molecule has 0 spiro atoms. The minimum absolute atomic E-state index is 0.155. The second-order valence-corrected chi connectivity index (χ2v) is 6.65. The fraction of sp³-hybridized carbons (Fsp3) is 0.105. The lowest BCUT2D eigenvalue weighted by atomic mass is 10.2. The SMILES string of the molecule is O=c1cc(COCc2cccc(Cl)c2Cl)nc2nc(-c3ccccc3)[nH]n12. The number of nitrogens with one attached hydrogen (secondary N) is 1. The average molecular weight is 401 g/mol. The van der Waals surface area contributed by atoms with Gasteiger partial charge in [0.1, 0.15) is 0 Å². The minimum Gasteiger partial charge on any atom is -0.370 e. The van der Waals surface area contributed by atoms with E-state index in [1.54, 1.807) is 12.1 Å². The van der Waals surface area contributed by atoms with E-state index < -0.39 is 0 Å². The third-order valence-corrected chi connectivity index (χ3v) is 4.83. The molecule has 136 valence electrons. The average Bonchev–Trinajstić information content (AvgIpc) is 3.11. The summed E-state index contributed by atoms with van der Waals surface area (Å²) < 4.78 is 6.95. The fourth-order valence-electron chi connectivity index (χ4n) is 2.65. The van der Waals surface area contributed by atoms with Crippen molar-refractivity contribution in [3.63, 3.8) is 0 Å². The Labute approximate surface area is 164 Å². The summed E-state index contributed by atoms with van der Waals surface area (Å²) in [5, 5.41) is 3.89. The highest BCUT2D eigenvalue weighted by molar-refractivity contribution is 6.42. The summed E-state index contributed by atoms with van der Waals surface area (Å²) in [4.78, 5) is 21.1. The molecular formula is C19H14Cl2N4O2. The molecule has 0 amide bonds. The molecule has 0 saturated carbocycles. The smallest absolute Gasteiger partial charge is 0.274 e. The summed E-state index contributed by atoms with van der Waals surface area (Å²) in [7, 11) is 0. The van der Waals surface area contributed by atoms with Crippen molar-refractivity contribution in [3.05, 3.63) is 86.3 Å². The van der Waals surface area contributed by atoms with Gasteiger partial charge in [-0.15, -0.1) is 0 Å². The molecule has 4 rings (SSSR count). The third-order valence-electron chi connectivity index (χ3n) is 3.97. The molecule has 0 saturated heterocycles. The second-order valence-electron chi connectivity index (χ2n) is 5.87. The van der Waals surface area contributed by atoms with Gasteiger partial charge in [-0.05, 0) is 11.6 Å². The number of nitrogens with zero attached hydrogens (tertiary/aromatic N) is 3. The van der Waals surface area contributed by atoms with Crippen LogP contribution in [0.1, 0.15) is 11.3 Å². The lowest BCUT2D eigenvalue weighted by Gasteiger charge is -2.07. The highest BCUT2D eigenvalue weighted by atomic mass is 35.5. The van der Waals surface area contributed by atoms with E-state index in [1.165, 1.54) is 10.6 Å². The maximum atomic E-state index is 12.3. The van der Waals surface area contributed by atoms with Crippen LogP contribution in [0.15, 0.2) is 59.4 Å². The van der Waals surface area contributed by atoms with Crippen LogP contribution in [0.2, 0.25) is 10.0 Å². The summed E-state index contributed by atoms with van der Waals surface area (Å²) in [5.74, 6) is 0.865. The third kappa shape index (κ3) is 3.73. The maximum Gasteiger partial charge on any atom is 0.274 e. The summed E-state index contributed by atoms with van der Waals surface area (Å²) in [5.41, 5.74) is 1.88. The lowest BCUT2D eigenvalue weighted by Crippen LogP contribution is -2.16. The van der Waals surface area contributed by atoms with E-state index in [2.05, 4.69) is 15.1 Å². The number of H-pyrrole nitrogens is 1. The molecular weight excluding hydrogens is 387 g/mol. The van der Waals surface area contributed by atoms with Gasteiger partial charge >= 0.3 is 0 Å². The number of fused-ring (bicyclic) bond motifs is 1. The molecule has 0 aliphatic carbocycles. The number of hydrogen-bond donors (Lipinski definition) is 1. The Balaban J connectivity index is 1.54. The number of aromatic amines is 1. The zero-order valence-corrected chi connectivity index (χ0v) is 15.5. The normalized spacial score (nSPS) is 11.2. The summed E-state index contributed by atoms with van der Waals surface area (Å²) in [6.45, 7) is 0.415. The topological polar surface area (TPSA) is 72.3 Å². The largest absolute Gasteiger partial charge is 0.370 e. The van der Waals surface area contributed by atoms with Crippen LogP contribution in [-0.4, -0.2) is 19.6 Å². The van der Waals surface area contributed by atoms with E-state index in [9.17, 15) is 4.79 Å². The number of hydrogen-bond acceptors (Lipinski definition) is 4. The van der Waals surface area contributed by atoms with Crippen LogP contribution in [-0.2, 0) is 18.0 Å². The van der Waals surface area contributed by atoms with E-state index in [-0.39, 0.29) is 18.8 Å². The second kappa shape index (κ2) is 7.52. The van der Waals surface area contributed by atoms with E-state index in [0.29, 0.717) is 27.3 Å². The van der Waals surface area contributed by atoms with E-state index in [4.69, 9.17) is 27.9 Å². The molecule has 2 aromatic heterocycles. The molecule has 27 heavy (non-hydrogen) atoms. The molecule has 1 N–H and O–H groups in total. The van der Waals surface area contributed by atoms with Gasteiger partial charge in [-0.1, -0.05) is 65.7 Å². The summed E-state index contributed by atoms with van der Waals surface area (Å²) >= 11 is 12.1. The highest BCUT2D eigenvalue weighted by Crippen LogP contribution is 2.26. The van der Waals surface area contributed by atoms with Crippen molar-refractivity contribution in [2.75, 3.05) is 0 Å². The van der Waals surface area contributed by atoms with Gasteiger partial charge in [0.05, 0.1) is 29.0 Å². The fourth-order valence-corrected chi connectivity index (χ4v) is 3.03. The summed E-state index contributed by atoms with van der Waals surface area (Å²) in [6, 6.07) is 16.3. The van der Waals surface area contributed by atoms with Crippen molar-refractivity contribution < 1.29 is 4.74 Å². The first-order chi connectivity index (χ1) is 13.1. The Morgan fingerprint density at radius 2 is 1.81 bits per heavy atom. The molecule has 4 aromatic rings. The molecule has 0 radical (unpaired) electrons. The molecule has 6 nitrogen and oxygen atoms in total. The molecule has 0 fully saturated rings. The van der Waals surface area contributed by atoms with Gasteiger partial charge in [0.2, 0.25) is 0 Å². The minimum atomic E-state index is -0.255. The van der Waals surface area contributed by atoms with Crippen LogP contribution in [0.25, 0.3) is 17.2 Å². The van der Waals surface area contributed by atoms with Crippen LogP contribution >= 0.6 is 23.2 Å². The van der Waals surface area contributed by atoms with E-state index in [0.717, 1.165) is 11.1 Å². The Kier molecular flexibility index (Phi) is 4.94. The predicted molar refractivity (Wildman–Crippen MR) is 104 cm³/mol. The number of benzene rings is 2. The maximum absolute atomic E-state index is 12.3. The molecule has 2 heterocycles. The van der Waals surface area contributed by atoms with Crippen LogP contribution in [0, 0.1) is 0 Å². The van der Waals surface area contributed by atoms with Crippen LogP contribution in [0.5, 0.6) is 0 Å². The number of halogens is 2. The zero-order valence-electron chi connectivity index (χ0n) is 14.0. The molecule has 2 aromatic carbocycles. The van der Waals surface area contributed by atoms with Gasteiger partial charge in [-0.25, -0.2) is 4.98 Å². The molecule has 0 atom stereocenters. The van der Waals surface area contributed by atoms with Crippen LogP contribution in [0.4, 0.5) is 0 Å². The Morgan fingerprint density at radius 3 is 2.63 bits per heavy atom. The first kappa shape index (κ1) is 17.7. The highest BCUT2D eigenvalue weighted by Gasteiger charge is 2.10. The standard InChI is InChI=1S/C19H14Cl2N4O2/c20-15-8-4-7-13(17(15)21)10-27-11-14-9-16(26)25-19(22-14)23-18(24-25)12-5-2-1-3-6-12/h1-9H,10-11H2,(H,22,23,24). The summed E-state index contributed by atoms with van der Waals surface area (Å²) in [6.07, 6.45) is 0. The molecule has 0 bridgehead atoms. The predicted octanol–water partition coefficient (Wildman–Crippen LogP) is 4.11. The molecule has 0 unspecified atom stereocenters. The Bertz CT molecular complexity index is 1160. The molecule has 0 aliphatic heterocycles. The molecule has 0 aliphatic rings. The van der Waals surface area contributed by atoms with Crippen LogP contribution < -0.4 is 5.56 Å². The lowest BCUT2D eigenvalue weighted by molar-refractivity contribution is 0.104. The van der Waals surface area contributed by atoms with E-state index in [1.807, 2.05) is 36.4 Å². The van der Waals surface area contributed by atoms with Gasteiger partial charge in [-0.2, -0.15) is 9.50 Å². The van der Waals surface area contributed by atoms with Crippen LogP contribution in [0.3, 0.4) is 0 Å². The first-order valence-corrected chi connectivity index (χ1v) is 8.92.